The quantitative estimate of drug-likeness (QED) is 0.771. The van der Waals surface area contributed by atoms with Gasteiger partial charge in [-0.15, -0.1) is 11.8 Å². The summed E-state index contributed by atoms with van der Waals surface area (Å²) in [6, 6.07) is 8.88. The summed E-state index contributed by atoms with van der Waals surface area (Å²) in [5.41, 5.74) is 7.28. The van der Waals surface area contributed by atoms with E-state index in [4.69, 9.17) is 10.5 Å². The van der Waals surface area contributed by atoms with E-state index in [0.717, 1.165) is 18.8 Å². The van der Waals surface area contributed by atoms with Crippen LogP contribution in [0.1, 0.15) is 39.7 Å². The van der Waals surface area contributed by atoms with Crippen molar-refractivity contribution < 1.29 is 4.74 Å². The normalized spacial score (nSPS) is 13.5. The van der Waals surface area contributed by atoms with Crippen LogP contribution in [0, 0.1) is 0 Å². The molecule has 0 saturated heterocycles. The fourth-order valence-electron chi connectivity index (χ4n) is 1.86. The number of rotatable bonds is 7. The van der Waals surface area contributed by atoms with Gasteiger partial charge in [0.15, 0.2) is 0 Å². The molecule has 0 aromatic heterocycles. The summed E-state index contributed by atoms with van der Waals surface area (Å²) in [6.45, 7) is 10.1. The molecule has 1 atom stereocenters. The van der Waals surface area contributed by atoms with Gasteiger partial charge in [0.2, 0.25) is 0 Å². The SMILES string of the molecule is CCOC(CN)CCSc1ccc(C(C)(C)C)cc1. The Morgan fingerprint density at radius 3 is 2.32 bits per heavy atom. The van der Waals surface area contributed by atoms with Gasteiger partial charge in [0.1, 0.15) is 0 Å². The molecule has 0 aliphatic rings. The van der Waals surface area contributed by atoms with Crippen LogP contribution in [0.4, 0.5) is 0 Å². The van der Waals surface area contributed by atoms with E-state index in [-0.39, 0.29) is 11.5 Å². The molecule has 0 fully saturated rings. The minimum atomic E-state index is 0.200. The van der Waals surface area contributed by atoms with Crippen molar-refractivity contribution in [3.8, 4) is 0 Å². The van der Waals surface area contributed by atoms with Gasteiger partial charge < -0.3 is 10.5 Å². The molecular weight excluding hydrogens is 254 g/mol. The lowest BCUT2D eigenvalue weighted by molar-refractivity contribution is 0.0674. The Hall–Kier alpha value is -0.510. The van der Waals surface area contributed by atoms with E-state index < -0.39 is 0 Å². The minimum Gasteiger partial charge on any atom is -0.377 e. The number of thioether (sulfide) groups is 1. The number of hydrogen-bond donors (Lipinski definition) is 1. The van der Waals surface area contributed by atoms with E-state index in [1.165, 1.54) is 10.5 Å². The summed E-state index contributed by atoms with van der Waals surface area (Å²) in [7, 11) is 0. The van der Waals surface area contributed by atoms with Crippen molar-refractivity contribution in [2.45, 2.75) is 50.5 Å². The van der Waals surface area contributed by atoms with E-state index in [2.05, 4.69) is 45.0 Å². The second-order valence-corrected chi connectivity index (χ2v) is 6.89. The smallest absolute Gasteiger partial charge is 0.0705 e. The second-order valence-electron chi connectivity index (χ2n) is 5.72. The molecule has 3 heteroatoms. The zero-order chi connectivity index (χ0) is 14.3. The third kappa shape index (κ3) is 5.98. The lowest BCUT2D eigenvalue weighted by Gasteiger charge is -2.19. The zero-order valence-corrected chi connectivity index (χ0v) is 13.4. The van der Waals surface area contributed by atoms with Gasteiger partial charge in [-0.2, -0.15) is 0 Å². The Bertz CT molecular complexity index is 356. The molecular formula is C16H27NOS. The standard InChI is InChI=1S/C16H27NOS/c1-5-18-14(12-17)10-11-19-15-8-6-13(7-9-15)16(2,3)4/h6-9,14H,5,10-12,17H2,1-4H3. The molecule has 0 saturated carbocycles. The summed E-state index contributed by atoms with van der Waals surface area (Å²) in [5.74, 6) is 1.05. The molecule has 1 rings (SSSR count). The van der Waals surface area contributed by atoms with Gasteiger partial charge in [0.25, 0.3) is 0 Å². The lowest BCUT2D eigenvalue weighted by Crippen LogP contribution is -2.24. The van der Waals surface area contributed by atoms with Gasteiger partial charge in [0, 0.05) is 23.8 Å². The van der Waals surface area contributed by atoms with E-state index in [1.807, 2.05) is 18.7 Å². The maximum Gasteiger partial charge on any atom is 0.0705 e. The van der Waals surface area contributed by atoms with Gasteiger partial charge in [-0.25, -0.2) is 0 Å². The predicted molar refractivity (Wildman–Crippen MR) is 85.0 cm³/mol. The molecule has 108 valence electrons. The number of hydrogen-bond acceptors (Lipinski definition) is 3. The molecule has 0 aliphatic carbocycles. The van der Waals surface area contributed by atoms with Crippen LogP contribution in [0.2, 0.25) is 0 Å². The highest BCUT2D eigenvalue weighted by molar-refractivity contribution is 7.99. The molecule has 0 bridgehead atoms. The van der Waals surface area contributed by atoms with Crippen molar-refractivity contribution in [1.82, 2.24) is 0 Å². The average Bonchev–Trinajstić information content (AvgIpc) is 2.37. The third-order valence-electron chi connectivity index (χ3n) is 3.09. The first-order valence-corrected chi connectivity index (χ1v) is 8.01. The van der Waals surface area contributed by atoms with Crippen LogP contribution >= 0.6 is 11.8 Å². The van der Waals surface area contributed by atoms with E-state index in [1.54, 1.807) is 0 Å². The van der Waals surface area contributed by atoms with Crippen LogP contribution < -0.4 is 5.73 Å². The molecule has 0 spiro atoms. The van der Waals surface area contributed by atoms with Gasteiger partial charge in [0.05, 0.1) is 6.10 Å². The van der Waals surface area contributed by atoms with Gasteiger partial charge in [-0.3, -0.25) is 0 Å². The Labute approximate surface area is 122 Å². The molecule has 0 heterocycles. The summed E-state index contributed by atoms with van der Waals surface area (Å²) >= 11 is 1.87. The summed E-state index contributed by atoms with van der Waals surface area (Å²) in [5, 5.41) is 0. The monoisotopic (exact) mass is 281 g/mol. The van der Waals surface area contributed by atoms with Crippen molar-refractivity contribution in [1.29, 1.82) is 0 Å². The highest BCUT2D eigenvalue weighted by atomic mass is 32.2. The van der Waals surface area contributed by atoms with E-state index in [9.17, 15) is 0 Å². The average molecular weight is 281 g/mol. The Morgan fingerprint density at radius 1 is 1.21 bits per heavy atom. The summed E-state index contributed by atoms with van der Waals surface area (Å²) in [4.78, 5) is 1.32. The van der Waals surface area contributed by atoms with Crippen LogP contribution in [0.5, 0.6) is 0 Å². The minimum absolute atomic E-state index is 0.200. The molecule has 0 radical (unpaired) electrons. The van der Waals surface area contributed by atoms with Crippen LogP contribution in [0.3, 0.4) is 0 Å². The molecule has 1 aromatic rings. The fraction of sp³-hybridized carbons (Fsp3) is 0.625. The molecule has 0 aliphatic heterocycles. The first kappa shape index (κ1) is 16.5. The van der Waals surface area contributed by atoms with Crippen molar-refractivity contribution in [3.63, 3.8) is 0 Å². The topological polar surface area (TPSA) is 35.2 Å². The lowest BCUT2D eigenvalue weighted by atomic mass is 9.87. The molecule has 2 nitrogen and oxygen atoms in total. The zero-order valence-electron chi connectivity index (χ0n) is 12.6. The molecule has 2 N–H and O–H groups in total. The van der Waals surface area contributed by atoms with Crippen molar-refractivity contribution in [2.75, 3.05) is 18.9 Å². The van der Waals surface area contributed by atoms with E-state index in [0.29, 0.717) is 6.54 Å². The third-order valence-corrected chi connectivity index (χ3v) is 4.14. The van der Waals surface area contributed by atoms with Crippen molar-refractivity contribution in [3.05, 3.63) is 29.8 Å². The Balaban J connectivity index is 2.42. The maximum atomic E-state index is 5.67. The van der Waals surface area contributed by atoms with E-state index >= 15 is 0 Å². The summed E-state index contributed by atoms with van der Waals surface area (Å²) < 4.78 is 5.55. The Morgan fingerprint density at radius 2 is 1.84 bits per heavy atom. The molecule has 1 aromatic carbocycles. The Kier molecular flexibility index (Phi) is 6.90. The number of ether oxygens (including phenoxy) is 1. The molecule has 1 unspecified atom stereocenters. The first-order chi connectivity index (χ1) is 8.97. The van der Waals surface area contributed by atoms with Crippen molar-refractivity contribution in [2.24, 2.45) is 5.73 Å². The highest BCUT2D eigenvalue weighted by Gasteiger charge is 2.13. The van der Waals surface area contributed by atoms with Gasteiger partial charge in [-0.05, 0) is 36.5 Å². The summed E-state index contributed by atoms with van der Waals surface area (Å²) in [6.07, 6.45) is 1.21. The van der Waals surface area contributed by atoms with Gasteiger partial charge >= 0.3 is 0 Å². The van der Waals surface area contributed by atoms with Gasteiger partial charge in [-0.1, -0.05) is 32.9 Å². The number of nitrogens with two attached hydrogens (primary N) is 1. The highest BCUT2D eigenvalue weighted by Crippen LogP contribution is 2.26. The first-order valence-electron chi connectivity index (χ1n) is 7.02. The van der Waals surface area contributed by atoms with Crippen LogP contribution in [-0.4, -0.2) is 25.0 Å². The van der Waals surface area contributed by atoms with Crippen LogP contribution in [-0.2, 0) is 10.2 Å². The van der Waals surface area contributed by atoms with Crippen LogP contribution in [0.15, 0.2) is 29.2 Å². The number of benzene rings is 1. The maximum absolute atomic E-state index is 5.67. The largest absolute Gasteiger partial charge is 0.377 e. The fourth-order valence-corrected chi connectivity index (χ4v) is 2.81. The predicted octanol–water partition coefficient (Wildman–Crippen LogP) is 3.83. The molecule has 19 heavy (non-hydrogen) atoms. The van der Waals surface area contributed by atoms with Crippen LogP contribution in [0.25, 0.3) is 0 Å². The second kappa shape index (κ2) is 7.93. The van der Waals surface area contributed by atoms with Crippen molar-refractivity contribution >= 4 is 11.8 Å². The molecule has 0 amide bonds.